The molecule has 1 aliphatic heterocycles. The molecule has 1 aliphatic rings. The molecule has 0 N–H and O–H groups in total. The first kappa shape index (κ1) is 11.3. The van der Waals surface area contributed by atoms with E-state index in [1.165, 1.54) is 0 Å². The molecule has 0 radical (unpaired) electrons. The van der Waals surface area contributed by atoms with Crippen LogP contribution in [-0.2, 0) is 4.74 Å². The van der Waals surface area contributed by atoms with Gasteiger partial charge in [-0.3, -0.25) is 0 Å². The Balaban J connectivity index is 2.51. The molecule has 0 amide bonds. The number of epoxide rings is 1. The molecule has 0 spiro atoms. The topological polar surface area (TPSA) is 12.5 Å². The first-order valence-electron chi connectivity index (χ1n) is 5.39. The Morgan fingerprint density at radius 1 is 1.64 bits per heavy atom. The second-order valence-corrected chi connectivity index (χ2v) is 4.54. The zero-order valence-electron chi connectivity index (χ0n) is 9.47. The van der Waals surface area contributed by atoms with Crippen LogP contribution in [0.1, 0.15) is 40.0 Å². The largest absolute Gasteiger partial charge is 0.348 e. The van der Waals surface area contributed by atoms with E-state index >= 15 is 0 Å². The minimum atomic E-state index is -0.305. The van der Waals surface area contributed by atoms with Gasteiger partial charge in [-0.05, 0) is 24.3 Å². The maximum atomic E-state index is 5.62. The van der Waals surface area contributed by atoms with Crippen molar-refractivity contribution in [1.29, 1.82) is 0 Å². The molecule has 1 nitrogen and oxygen atoms in total. The summed E-state index contributed by atoms with van der Waals surface area (Å²) in [6, 6.07) is 0. The maximum absolute atomic E-state index is 5.62. The van der Waals surface area contributed by atoms with Gasteiger partial charge in [0.2, 0.25) is 0 Å². The number of hydrogen-bond donors (Lipinski definition) is 0. The Morgan fingerprint density at radius 3 is 2.71 bits per heavy atom. The van der Waals surface area contributed by atoms with Crippen molar-refractivity contribution in [1.82, 2.24) is 0 Å². The molecule has 0 aromatic rings. The van der Waals surface area contributed by atoms with Gasteiger partial charge in [0.15, 0.2) is 5.60 Å². The quantitative estimate of drug-likeness (QED) is 0.370. The lowest BCUT2D eigenvalue weighted by molar-refractivity contribution is 0.329. The van der Waals surface area contributed by atoms with Crippen LogP contribution < -0.4 is 0 Å². The first-order chi connectivity index (χ1) is 6.55. The molecule has 1 saturated heterocycles. The van der Waals surface area contributed by atoms with E-state index < -0.39 is 0 Å². The van der Waals surface area contributed by atoms with Crippen molar-refractivity contribution >= 4 is 0 Å². The van der Waals surface area contributed by atoms with Crippen molar-refractivity contribution in [2.45, 2.75) is 51.7 Å². The summed E-state index contributed by atoms with van der Waals surface area (Å²) in [5, 5.41) is 0. The lowest BCUT2D eigenvalue weighted by atomic mass is 9.92. The van der Waals surface area contributed by atoms with Gasteiger partial charge in [-0.1, -0.05) is 39.7 Å². The van der Waals surface area contributed by atoms with Gasteiger partial charge >= 0.3 is 0 Å². The lowest BCUT2D eigenvalue weighted by Gasteiger charge is -2.07. The van der Waals surface area contributed by atoms with E-state index in [1.807, 2.05) is 0 Å². The van der Waals surface area contributed by atoms with Crippen LogP contribution in [0, 0.1) is 18.3 Å². The summed E-state index contributed by atoms with van der Waals surface area (Å²) in [6.45, 7) is 10.6. The summed E-state index contributed by atoms with van der Waals surface area (Å²) >= 11 is 0. The minimum Gasteiger partial charge on any atom is -0.348 e. The lowest BCUT2D eigenvalue weighted by Crippen LogP contribution is -2.13. The summed E-state index contributed by atoms with van der Waals surface area (Å²) in [5.74, 6) is 3.40. The van der Waals surface area contributed by atoms with Gasteiger partial charge in [-0.15, -0.1) is 6.42 Å². The Hall–Kier alpha value is -0.740. The van der Waals surface area contributed by atoms with E-state index in [1.54, 1.807) is 0 Å². The molecule has 1 fully saturated rings. The van der Waals surface area contributed by atoms with Crippen molar-refractivity contribution in [2.75, 3.05) is 0 Å². The van der Waals surface area contributed by atoms with Crippen molar-refractivity contribution < 1.29 is 4.74 Å². The highest BCUT2D eigenvalue weighted by Gasteiger charge is 2.55. The molecule has 1 heterocycles. The van der Waals surface area contributed by atoms with E-state index in [0.29, 0.717) is 5.92 Å². The summed E-state index contributed by atoms with van der Waals surface area (Å²) in [6.07, 6.45) is 8.64. The van der Waals surface area contributed by atoms with Crippen molar-refractivity contribution in [3.8, 4) is 12.3 Å². The van der Waals surface area contributed by atoms with Crippen LogP contribution in [0.25, 0.3) is 0 Å². The Labute approximate surface area is 87.5 Å². The van der Waals surface area contributed by atoms with Crippen LogP contribution in [0.2, 0.25) is 0 Å². The second-order valence-electron chi connectivity index (χ2n) is 4.54. The van der Waals surface area contributed by atoms with Crippen molar-refractivity contribution in [3.63, 3.8) is 0 Å². The van der Waals surface area contributed by atoms with E-state index in [2.05, 4.69) is 33.3 Å². The molecule has 0 aliphatic carbocycles. The van der Waals surface area contributed by atoms with E-state index in [0.717, 1.165) is 24.8 Å². The highest BCUT2D eigenvalue weighted by Crippen LogP contribution is 2.45. The summed E-state index contributed by atoms with van der Waals surface area (Å²) in [7, 11) is 0. The Bertz CT molecular complexity index is 259. The van der Waals surface area contributed by atoms with Crippen LogP contribution in [-0.4, -0.2) is 11.7 Å². The number of terminal acetylenes is 1. The van der Waals surface area contributed by atoms with Crippen LogP contribution in [0.4, 0.5) is 0 Å². The molecular formula is C13H20O. The monoisotopic (exact) mass is 192 g/mol. The van der Waals surface area contributed by atoms with Crippen LogP contribution >= 0.6 is 0 Å². The fourth-order valence-electron chi connectivity index (χ4n) is 1.96. The normalized spacial score (nSPS) is 30.1. The zero-order chi connectivity index (χ0) is 10.8. The Kier molecular flexibility index (Phi) is 3.39. The SMILES string of the molecule is C#CC1(CCC)OC1C(=C)CC(C)C. The van der Waals surface area contributed by atoms with Crippen LogP contribution in [0.15, 0.2) is 12.2 Å². The number of hydrogen-bond acceptors (Lipinski definition) is 1. The van der Waals surface area contributed by atoms with Gasteiger partial charge < -0.3 is 4.74 Å². The summed E-state index contributed by atoms with van der Waals surface area (Å²) in [4.78, 5) is 0. The third-order valence-electron chi connectivity index (χ3n) is 2.60. The fourth-order valence-corrected chi connectivity index (χ4v) is 1.96. The molecule has 2 atom stereocenters. The highest BCUT2D eigenvalue weighted by atomic mass is 16.6. The van der Waals surface area contributed by atoms with Crippen LogP contribution in [0.3, 0.4) is 0 Å². The Morgan fingerprint density at radius 2 is 2.29 bits per heavy atom. The predicted octanol–water partition coefficient (Wildman–Crippen LogP) is 3.16. The van der Waals surface area contributed by atoms with Gasteiger partial charge in [-0.2, -0.15) is 0 Å². The third kappa shape index (κ3) is 2.19. The molecule has 0 bridgehead atoms. The molecule has 1 rings (SSSR count). The minimum absolute atomic E-state index is 0.120. The van der Waals surface area contributed by atoms with E-state index in [4.69, 9.17) is 11.2 Å². The van der Waals surface area contributed by atoms with Crippen molar-refractivity contribution in [3.05, 3.63) is 12.2 Å². The standard InChI is InChI=1S/C13H20O/c1-6-8-13(7-2)12(14-13)11(5)9-10(3)4/h2,10,12H,5-6,8-9H2,1,3-4H3. The molecule has 1 heteroatoms. The fraction of sp³-hybridized carbons (Fsp3) is 0.692. The average molecular weight is 192 g/mol. The van der Waals surface area contributed by atoms with Crippen molar-refractivity contribution in [2.24, 2.45) is 5.92 Å². The van der Waals surface area contributed by atoms with E-state index in [9.17, 15) is 0 Å². The van der Waals surface area contributed by atoms with Crippen LogP contribution in [0.5, 0.6) is 0 Å². The molecule has 0 saturated carbocycles. The molecule has 2 unspecified atom stereocenters. The summed E-state index contributed by atoms with van der Waals surface area (Å²) < 4.78 is 5.62. The molecule has 14 heavy (non-hydrogen) atoms. The smallest absolute Gasteiger partial charge is 0.159 e. The third-order valence-corrected chi connectivity index (χ3v) is 2.60. The van der Waals surface area contributed by atoms with Gasteiger partial charge in [0, 0.05) is 0 Å². The van der Waals surface area contributed by atoms with Gasteiger partial charge in [0.05, 0.1) is 0 Å². The molecular weight excluding hydrogens is 172 g/mol. The zero-order valence-corrected chi connectivity index (χ0v) is 9.47. The second kappa shape index (κ2) is 4.19. The first-order valence-corrected chi connectivity index (χ1v) is 5.39. The number of rotatable bonds is 5. The average Bonchev–Trinajstić information content (AvgIpc) is 2.80. The van der Waals surface area contributed by atoms with Gasteiger partial charge in [-0.25, -0.2) is 0 Å². The number of ether oxygens (including phenoxy) is 1. The van der Waals surface area contributed by atoms with Gasteiger partial charge in [0.1, 0.15) is 6.10 Å². The molecule has 78 valence electrons. The summed E-state index contributed by atoms with van der Waals surface area (Å²) in [5.41, 5.74) is 0.854. The van der Waals surface area contributed by atoms with E-state index in [-0.39, 0.29) is 11.7 Å². The molecule has 0 aromatic carbocycles. The van der Waals surface area contributed by atoms with Gasteiger partial charge in [0.25, 0.3) is 0 Å². The maximum Gasteiger partial charge on any atom is 0.159 e. The highest BCUT2D eigenvalue weighted by molar-refractivity contribution is 5.31. The predicted molar refractivity (Wildman–Crippen MR) is 59.9 cm³/mol. The molecule has 0 aromatic heterocycles.